The molecule has 0 aliphatic carbocycles. The third kappa shape index (κ3) is 2.74. The Morgan fingerprint density at radius 1 is 1.44 bits per heavy atom. The second-order valence-corrected chi connectivity index (χ2v) is 4.90. The maximum absolute atomic E-state index is 6.48. The van der Waals surface area contributed by atoms with Crippen LogP contribution in [0.2, 0.25) is 0 Å². The van der Waals surface area contributed by atoms with Crippen LogP contribution in [-0.2, 0) is 4.74 Å². The first-order chi connectivity index (χ1) is 7.79. The fourth-order valence-corrected chi connectivity index (χ4v) is 2.48. The van der Waals surface area contributed by atoms with Gasteiger partial charge in [0.1, 0.15) is 0 Å². The van der Waals surface area contributed by atoms with E-state index < -0.39 is 0 Å². The molecule has 2 nitrogen and oxygen atoms in total. The molecule has 3 heteroatoms. The number of hydrogen-bond donors (Lipinski definition) is 0. The van der Waals surface area contributed by atoms with E-state index in [0.717, 1.165) is 25.1 Å². The summed E-state index contributed by atoms with van der Waals surface area (Å²) >= 11 is 6.48. The molecule has 1 fully saturated rings. The molecule has 0 N–H and O–H groups in total. The van der Waals surface area contributed by atoms with Crippen molar-refractivity contribution in [1.82, 2.24) is 4.98 Å². The van der Waals surface area contributed by atoms with E-state index in [9.17, 15) is 0 Å². The smallest absolute Gasteiger partial charge is 0.0745 e. The fraction of sp³-hybridized carbons (Fsp3) is 0.615. The highest BCUT2D eigenvalue weighted by atomic mass is 35.5. The quantitative estimate of drug-likeness (QED) is 0.755. The highest BCUT2D eigenvalue weighted by molar-refractivity contribution is 6.21. The molecule has 1 aliphatic heterocycles. The monoisotopic (exact) mass is 239 g/mol. The van der Waals surface area contributed by atoms with Gasteiger partial charge < -0.3 is 4.74 Å². The molecule has 2 heterocycles. The average molecular weight is 240 g/mol. The SMILES string of the molecule is CC(c1ccccn1)C(Cl)C1CCCCO1. The Hall–Kier alpha value is -0.600. The van der Waals surface area contributed by atoms with Crippen molar-refractivity contribution >= 4 is 11.6 Å². The number of ether oxygens (including phenoxy) is 1. The molecule has 3 atom stereocenters. The Kier molecular flexibility index (Phi) is 4.19. The summed E-state index contributed by atoms with van der Waals surface area (Å²) in [6.45, 7) is 2.97. The molecule has 1 aromatic heterocycles. The van der Waals surface area contributed by atoms with Crippen LogP contribution in [0.1, 0.15) is 37.8 Å². The zero-order valence-corrected chi connectivity index (χ0v) is 10.4. The second kappa shape index (κ2) is 5.65. The van der Waals surface area contributed by atoms with E-state index in [1.54, 1.807) is 0 Å². The number of aromatic nitrogens is 1. The molecular weight excluding hydrogens is 222 g/mol. The van der Waals surface area contributed by atoms with Gasteiger partial charge in [0, 0.05) is 24.4 Å². The molecule has 0 bridgehead atoms. The molecular formula is C13H18ClNO. The van der Waals surface area contributed by atoms with Gasteiger partial charge in [-0.3, -0.25) is 4.98 Å². The van der Waals surface area contributed by atoms with Crippen LogP contribution in [0.3, 0.4) is 0 Å². The third-order valence-electron chi connectivity index (χ3n) is 3.20. The van der Waals surface area contributed by atoms with Gasteiger partial charge in [-0.1, -0.05) is 13.0 Å². The van der Waals surface area contributed by atoms with Crippen molar-refractivity contribution in [3.63, 3.8) is 0 Å². The normalized spacial score (nSPS) is 25.0. The number of hydrogen-bond acceptors (Lipinski definition) is 2. The van der Waals surface area contributed by atoms with Crippen molar-refractivity contribution in [3.8, 4) is 0 Å². The van der Waals surface area contributed by atoms with E-state index >= 15 is 0 Å². The number of halogens is 1. The van der Waals surface area contributed by atoms with Crippen molar-refractivity contribution in [1.29, 1.82) is 0 Å². The first-order valence-electron chi connectivity index (χ1n) is 5.95. The number of rotatable bonds is 3. The number of nitrogens with zero attached hydrogens (tertiary/aromatic N) is 1. The van der Waals surface area contributed by atoms with E-state index in [1.807, 2.05) is 24.4 Å². The highest BCUT2D eigenvalue weighted by Gasteiger charge is 2.28. The van der Waals surface area contributed by atoms with Gasteiger partial charge in [-0.2, -0.15) is 0 Å². The van der Waals surface area contributed by atoms with E-state index in [1.165, 1.54) is 6.42 Å². The van der Waals surface area contributed by atoms with Gasteiger partial charge in [0.2, 0.25) is 0 Å². The van der Waals surface area contributed by atoms with Crippen molar-refractivity contribution < 1.29 is 4.74 Å². The highest BCUT2D eigenvalue weighted by Crippen LogP contribution is 2.29. The summed E-state index contributed by atoms with van der Waals surface area (Å²) in [6.07, 6.45) is 5.47. The molecule has 1 aliphatic rings. The maximum Gasteiger partial charge on any atom is 0.0745 e. The zero-order valence-electron chi connectivity index (χ0n) is 9.60. The summed E-state index contributed by atoms with van der Waals surface area (Å²) < 4.78 is 5.72. The van der Waals surface area contributed by atoms with Gasteiger partial charge in [-0.15, -0.1) is 11.6 Å². The minimum Gasteiger partial charge on any atom is -0.377 e. The molecule has 88 valence electrons. The zero-order chi connectivity index (χ0) is 11.4. The van der Waals surface area contributed by atoms with Crippen LogP contribution < -0.4 is 0 Å². The molecule has 0 amide bonds. The molecule has 0 spiro atoms. The summed E-state index contributed by atoms with van der Waals surface area (Å²) in [6, 6.07) is 5.96. The summed E-state index contributed by atoms with van der Waals surface area (Å²) in [4.78, 5) is 4.35. The van der Waals surface area contributed by atoms with Crippen LogP contribution in [0.15, 0.2) is 24.4 Å². The summed E-state index contributed by atoms with van der Waals surface area (Å²) in [5, 5.41) is 0.0233. The molecule has 2 rings (SSSR count). The van der Waals surface area contributed by atoms with E-state index in [-0.39, 0.29) is 17.4 Å². The van der Waals surface area contributed by atoms with Crippen LogP contribution in [0.25, 0.3) is 0 Å². The Bertz CT molecular complexity index is 311. The topological polar surface area (TPSA) is 22.1 Å². The van der Waals surface area contributed by atoms with Crippen molar-refractivity contribution in [2.45, 2.75) is 43.6 Å². The van der Waals surface area contributed by atoms with Crippen LogP contribution in [0, 0.1) is 0 Å². The van der Waals surface area contributed by atoms with E-state index in [2.05, 4.69) is 11.9 Å². The van der Waals surface area contributed by atoms with Crippen LogP contribution in [0.4, 0.5) is 0 Å². The third-order valence-corrected chi connectivity index (χ3v) is 3.86. The maximum atomic E-state index is 6.48. The fourth-order valence-electron chi connectivity index (χ4n) is 2.15. The van der Waals surface area contributed by atoms with Gasteiger partial charge in [-0.05, 0) is 31.4 Å². The van der Waals surface area contributed by atoms with Gasteiger partial charge in [0.25, 0.3) is 0 Å². The first-order valence-corrected chi connectivity index (χ1v) is 6.39. The Labute approximate surface area is 102 Å². The lowest BCUT2D eigenvalue weighted by Crippen LogP contribution is -2.32. The van der Waals surface area contributed by atoms with Crippen molar-refractivity contribution in [2.75, 3.05) is 6.61 Å². The lowest BCUT2D eigenvalue weighted by Gasteiger charge is -2.30. The lowest BCUT2D eigenvalue weighted by atomic mass is 9.95. The van der Waals surface area contributed by atoms with Gasteiger partial charge in [0.05, 0.1) is 11.5 Å². The number of pyridine rings is 1. The predicted octanol–water partition coefficient (Wildman–Crippen LogP) is 3.36. The lowest BCUT2D eigenvalue weighted by molar-refractivity contribution is 0.0104. The largest absolute Gasteiger partial charge is 0.377 e. The molecule has 0 radical (unpaired) electrons. The first kappa shape index (κ1) is 11.9. The molecule has 1 saturated heterocycles. The van der Waals surface area contributed by atoms with Crippen LogP contribution >= 0.6 is 11.6 Å². The van der Waals surface area contributed by atoms with E-state index in [0.29, 0.717) is 0 Å². The molecule has 16 heavy (non-hydrogen) atoms. The Balaban J connectivity index is 2.00. The molecule has 0 aromatic carbocycles. The summed E-state index contributed by atoms with van der Waals surface area (Å²) in [5.41, 5.74) is 1.05. The van der Waals surface area contributed by atoms with E-state index in [4.69, 9.17) is 16.3 Å². The van der Waals surface area contributed by atoms with Crippen LogP contribution in [-0.4, -0.2) is 23.1 Å². The second-order valence-electron chi connectivity index (χ2n) is 4.39. The van der Waals surface area contributed by atoms with Crippen LogP contribution in [0.5, 0.6) is 0 Å². The minimum atomic E-state index is 0.0233. The molecule has 3 unspecified atom stereocenters. The Morgan fingerprint density at radius 3 is 2.94 bits per heavy atom. The standard InChI is InChI=1S/C13H18ClNO/c1-10(11-6-2-4-8-15-11)13(14)12-7-3-5-9-16-12/h2,4,6,8,10,12-13H,3,5,7,9H2,1H3. The van der Waals surface area contributed by atoms with Gasteiger partial charge in [-0.25, -0.2) is 0 Å². The molecule has 0 saturated carbocycles. The summed E-state index contributed by atoms with van der Waals surface area (Å²) in [5.74, 6) is 0.242. The predicted molar refractivity (Wildman–Crippen MR) is 65.9 cm³/mol. The summed E-state index contributed by atoms with van der Waals surface area (Å²) in [7, 11) is 0. The minimum absolute atomic E-state index is 0.0233. The Morgan fingerprint density at radius 2 is 2.31 bits per heavy atom. The average Bonchev–Trinajstić information content (AvgIpc) is 2.39. The molecule has 1 aromatic rings. The number of alkyl halides is 1. The van der Waals surface area contributed by atoms with Gasteiger partial charge in [0.15, 0.2) is 0 Å². The van der Waals surface area contributed by atoms with Crippen molar-refractivity contribution in [3.05, 3.63) is 30.1 Å². The van der Waals surface area contributed by atoms with Gasteiger partial charge >= 0.3 is 0 Å². The van der Waals surface area contributed by atoms with Crippen molar-refractivity contribution in [2.24, 2.45) is 0 Å².